The van der Waals surface area contributed by atoms with Crippen molar-refractivity contribution in [2.45, 2.75) is 18.6 Å². The van der Waals surface area contributed by atoms with E-state index in [1.54, 1.807) is 0 Å². The highest BCUT2D eigenvalue weighted by molar-refractivity contribution is 7.91. The summed E-state index contributed by atoms with van der Waals surface area (Å²) in [6.45, 7) is 0.682. The van der Waals surface area contributed by atoms with Crippen molar-refractivity contribution >= 4 is 9.84 Å². The Morgan fingerprint density at radius 2 is 1.94 bits per heavy atom. The van der Waals surface area contributed by atoms with Gasteiger partial charge in [-0.3, -0.25) is 0 Å². The second-order valence-electron chi connectivity index (χ2n) is 4.44. The molecule has 1 aromatic rings. The average molecular weight is 255 g/mol. The molecule has 1 fully saturated rings. The zero-order chi connectivity index (χ0) is 12.3. The first-order valence-electron chi connectivity index (χ1n) is 5.73. The molecule has 17 heavy (non-hydrogen) atoms. The molecule has 2 atom stereocenters. The average Bonchev–Trinajstić information content (AvgIpc) is 2.53. The number of hydrogen-bond donors (Lipinski definition) is 2. The van der Waals surface area contributed by atoms with Crippen LogP contribution in [0.15, 0.2) is 30.3 Å². The monoisotopic (exact) mass is 255 g/mol. The number of hydrogen-bond acceptors (Lipinski definition) is 4. The summed E-state index contributed by atoms with van der Waals surface area (Å²) in [4.78, 5) is 0. The molecule has 0 amide bonds. The highest BCUT2D eigenvalue weighted by Gasteiger charge is 2.35. The molecule has 1 aliphatic rings. The molecule has 2 unspecified atom stereocenters. The quantitative estimate of drug-likeness (QED) is 0.793. The maximum atomic E-state index is 11.3. The number of nitrogens with one attached hydrogen (secondary N) is 1. The van der Waals surface area contributed by atoms with Crippen molar-refractivity contribution in [1.29, 1.82) is 0 Å². The highest BCUT2D eigenvalue weighted by Crippen LogP contribution is 2.12. The molecule has 2 rings (SSSR count). The van der Waals surface area contributed by atoms with Crippen LogP contribution < -0.4 is 5.32 Å². The minimum atomic E-state index is -3.05. The van der Waals surface area contributed by atoms with Gasteiger partial charge in [0.25, 0.3) is 0 Å². The topological polar surface area (TPSA) is 66.4 Å². The summed E-state index contributed by atoms with van der Waals surface area (Å²) in [5.41, 5.74) is 1.20. The molecule has 2 N–H and O–H groups in total. The van der Waals surface area contributed by atoms with Crippen LogP contribution in [0.25, 0.3) is 0 Å². The molecule has 0 bridgehead atoms. The van der Waals surface area contributed by atoms with E-state index in [9.17, 15) is 13.5 Å². The molecule has 1 saturated heterocycles. The van der Waals surface area contributed by atoms with Crippen LogP contribution in [0.2, 0.25) is 0 Å². The second kappa shape index (κ2) is 5.16. The molecule has 1 aliphatic heterocycles. The fourth-order valence-corrected chi connectivity index (χ4v) is 3.85. The number of rotatable bonds is 4. The highest BCUT2D eigenvalue weighted by atomic mass is 32.2. The fraction of sp³-hybridized carbons (Fsp3) is 0.500. The van der Waals surface area contributed by atoms with E-state index < -0.39 is 15.9 Å². The zero-order valence-corrected chi connectivity index (χ0v) is 10.4. The first-order chi connectivity index (χ1) is 8.07. The lowest BCUT2D eigenvalue weighted by Crippen LogP contribution is -2.39. The first-order valence-corrected chi connectivity index (χ1v) is 7.55. The minimum Gasteiger partial charge on any atom is -0.390 e. The second-order valence-corrected chi connectivity index (χ2v) is 6.59. The maximum Gasteiger partial charge on any atom is 0.154 e. The Balaban J connectivity index is 1.80. The summed E-state index contributed by atoms with van der Waals surface area (Å²) in [5.74, 6) is -0.0705. The normalized spacial score (nSPS) is 27.1. The van der Waals surface area contributed by atoms with Gasteiger partial charge in [-0.1, -0.05) is 30.3 Å². The molecule has 0 spiro atoms. The maximum absolute atomic E-state index is 11.3. The van der Waals surface area contributed by atoms with Crippen LogP contribution in [-0.2, 0) is 16.3 Å². The van der Waals surface area contributed by atoms with Crippen molar-refractivity contribution in [2.75, 3.05) is 18.1 Å². The van der Waals surface area contributed by atoms with Gasteiger partial charge < -0.3 is 10.4 Å². The first kappa shape index (κ1) is 12.5. The van der Waals surface area contributed by atoms with Gasteiger partial charge in [-0.25, -0.2) is 8.42 Å². The molecular weight excluding hydrogens is 238 g/mol. The summed E-state index contributed by atoms with van der Waals surface area (Å²) in [6.07, 6.45) is 0.0696. The Kier molecular flexibility index (Phi) is 3.81. The fourth-order valence-electron chi connectivity index (χ4n) is 2.07. The predicted octanol–water partition coefficient (Wildman–Crippen LogP) is -0.0234. The summed E-state index contributed by atoms with van der Waals surface area (Å²) < 4.78 is 22.6. The van der Waals surface area contributed by atoms with E-state index in [0.717, 1.165) is 6.42 Å². The van der Waals surface area contributed by atoms with Gasteiger partial charge in [0.05, 0.1) is 17.6 Å². The lowest BCUT2D eigenvalue weighted by atomic mass is 10.1. The van der Waals surface area contributed by atoms with Crippen LogP contribution in [0.4, 0.5) is 0 Å². The van der Waals surface area contributed by atoms with Crippen LogP contribution in [0.5, 0.6) is 0 Å². The van der Waals surface area contributed by atoms with Gasteiger partial charge in [0.2, 0.25) is 0 Å². The van der Waals surface area contributed by atoms with Crippen LogP contribution in [0.1, 0.15) is 5.56 Å². The lowest BCUT2D eigenvalue weighted by molar-refractivity contribution is 0.166. The summed E-state index contributed by atoms with van der Waals surface area (Å²) in [7, 11) is -3.05. The summed E-state index contributed by atoms with van der Waals surface area (Å²) in [5, 5.41) is 12.7. The third-order valence-electron chi connectivity index (χ3n) is 2.99. The SMILES string of the molecule is O=S1(=O)CC(O)C(NCCc2ccccc2)C1. The Morgan fingerprint density at radius 3 is 2.53 bits per heavy atom. The molecular formula is C12H17NO3S. The number of aliphatic hydroxyl groups is 1. The zero-order valence-electron chi connectivity index (χ0n) is 9.54. The van der Waals surface area contributed by atoms with Crippen LogP contribution in [-0.4, -0.2) is 43.7 Å². The Hall–Kier alpha value is -0.910. The standard InChI is InChI=1S/C12H17NO3S/c14-12-9-17(15,16)8-11(12)13-7-6-10-4-2-1-3-5-10/h1-5,11-14H,6-9H2. The molecule has 94 valence electrons. The third-order valence-corrected chi connectivity index (χ3v) is 4.70. The molecule has 0 radical (unpaired) electrons. The molecule has 0 aliphatic carbocycles. The van der Waals surface area contributed by atoms with Gasteiger partial charge in [0.15, 0.2) is 9.84 Å². The van der Waals surface area contributed by atoms with Gasteiger partial charge in [-0.05, 0) is 18.5 Å². The van der Waals surface area contributed by atoms with E-state index in [4.69, 9.17) is 0 Å². The number of aliphatic hydroxyl groups excluding tert-OH is 1. The molecule has 0 aromatic heterocycles. The predicted molar refractivity (Wildman–Crippen MR) is 66.6 cm³/mol. The van der Waals surface area contributed by atoms with Gasteiger partial charge in [-0.2, -0.15) is 0 Å². The molecule has 4 nitrogen and oxygen atoms in total. The minimum absolute atomic E-state index is 0.0446. The lowest BCUT2D eigenvalue weighted by Gasteiger charge is -2.14. The smallest absolute Gasteiger partial charge is 0.154 e. The third kappa shape index (κ3) is 3.52. The van der Waals surface area contributed by atoms with E-state index in [0.29, 0.717) is 6.54 Å². The van der Waals surface area contributed by atoms with Crippen molar-refractivity contribution in [3.05, 3.63) is 35.9 Å². The number of benzene rings is 1. The Morgan fingerprint density at radius 1 is 1.24 bits per heavy atom. The summed E-state index contributed by atoms with van der Waals surface area (Å²) in [6, 6.07) is 9.66. The largest absolute Gasteiger partial charge is 0.390 e. The Bertz CT molecular complexity index is 458. The molecule has 1 aromatic carbocycles. The van der Waals surface area contributed by atoms with E-state index in [2.05, 4.69) is 5.32 Å². The number of sulfone groups is 1. The molecule has 1 heterocycles. The van der Waals surface area contributed by atoms with E-state index in [1.165, 1.54) is 5.56 Å². The van der Waals surface area contributed by atoms with Gasteiger partial charge in [-0.15, -0.1) is 0 Å². The van der Waals surface area contributed by atoms with Gasteiger partial charge in [0.1, 0.15) is 0 Å². The Labute approximate surface area is 102 Å². The van der Waals surface area contributed by atoms with Crippen molar-refractivity contribution in [1.82, 2.24) is 5.32 Å². The van der Waals surface area contributed by atoms with E-state index in [-0.39, 0.29) is 17.5 Å². The van der Waals surface area contributed by atoms with Crippen molar-refractivity contribution < 1.29 is 13.5 Å². The van der Waals surface area contributed by atoms with Crippen LogP contribution in [0.3, 0.4) is 0 Å². The van der Waals surface area contributed by atoms with Gasteiger partial charge >= 0.3 is 0 Å². The van der Waals surface area contributed by atoms with E-state index in [1.807, 2.05) is 30.3 Å². The molecule has 5 heteroatoms. The summed E-state index contributed by atoms with van der Waals surface area (Å²) >= 11 is 0. The van der Waals surface area contributed by atoms with Crippen molar-refractivity contribution in [2.24, 2.45) is 0 Å². The van der Waals surface area contributed by atoms with Gasteiger partial charge in [0, 0.05) is 6.04 Å². The van der Waals surface area contributed by atoms with E-state index >= 15 is 0 Å². The van der Waals surface area contributed by atoms with Crippen LogP contribution in [0, 0.1) is 0 Å². The molecule has 0 saturated carbocycles. The van der Waals surface area contributed by atoms with Crippen molar-refractivity contribution in [3.63, 3.8) is 0 Å². The van der Waals surface area contributed by atoms with Crippen LogP contribution >= 0.6 is 0 Å². The van der Waals surface area contributed by atoms with Crippen molar-refractivity contribution in [3.8, 4) is 0 Å².